The quantitative estimate of drug-likeness (QED) is 0.661. The van der Waals surface area contributed by atoms with Crippen LogP contribution in [0.2, 0.25) is 0 Å². The number of aliphatic imine (C=N–C) groups is 1. The molecule has 1 aromatic carbocycles. The molecule has 3 N–H and O–H groups in total. The molecule has 23 heavy (non-hydrogen) atoms. The first-order chi connectivity index (χ1) is 11.3. The van der Waals surface area contributed by atoms with Crippen LogP contribution < -0.4 is 11.1 Å². The summed E-state index contributed by atoms with van der Waals surface area (Å²) in [5.74, 6) is 0.522. The summed E-state index contributed by atoms with van der Waals surface area (Å²) < 4.78 is 0. The number of hydrogen-bond donors (Lipinski definition) is 2. The van der Waals surface area contributed by atoms with E-state index in [9.17, 15) is 0 Å². The molecular weight excluding hydrogens is 284 g/mol. The van der Waals surface area contributed by atoms with Gasteiger partial charge in [-0.1, -0.05) is 32.0 Å². The first-order valence-electron chi connectivity index (χ1n) is 8.28. The van der Waals surface area contributed by atoms with Gasteiger partial charge in [0.15, 0.2) is 5.96 Å². The lowest BCUT2D eigenvalue weighted by Gasteiger charge is -2.27. The molecule has 1 heterocycles. The Balaban J connectivity index is 0.000000924. The maximum Gasteiger partial charge on any atom is 0.188 e. The zero-order valence-corrected chi connectivity index (χ0v) is 14.2. The van der Waals surface area contributed by atoms with Gasteiger partial charge in [0.05, 0.1) is 0 Å². The van der Waals surface area contributed by atoms with Crippen LogP contribution >= 0.6 is 0 Å². The third kappa shape index (κ3) is 4.09. The summed E-state index contributed by atoms with van der Waals surface area (Å²) in [6, 6.07) is 11.1. The minimum Gasteiger partial charge on any atom is -0.370 e. The molecule has 1 aliphatic rings. The number of nitrogens with zero attached hydrogens (tertiary/aromatic N) is 2. The van der Waals surface area contributed by atoms with Gasteiger partial charge in [-0.25, -0.2) is 0 Å². The molecule has 1 unspecified atom stereocenters. The number of benzene rings is 1. The van der Waals surface area contributed by atoms with Gasteiger partial charge in [0, 0.05) is 25.5 Å². The number of aromatic nitrogens is 1. The summed E-state index contributed by atoms with van der Waals surface area (Å²) in [5, 5.41) is 3.29. The highest BCUT2D eigenvalue weighted by Gasteiger charge is 2.21. The monoisotopic (exact) mass is 310 g/mol. The Morgan fingerprint density at radius 3 is 2.65 bits per heavy atom. The van der Waals surface area contributed by atoms with Gasteiger partial charge in [-0.15, -0.1) is 0 Å². The third-order valence-electron chi connectivity index (χ3n) is 4.07. The zero-order chi connectivity index (χ0) is 16.7. The highest BCUT2D eigenvalue weighted by molar-refractivity contribution is 5.78. The fourth-order valence-corrected chi connectivity index (χ4v) is 3.01. The van der Waals surface area contributed by atoms with E-state index in [0.717, 1.165) is 19.3 Å². The molecule has 3 rings (SSSR count). The second-order valence-corrected chi connectivity index (χ2v) is 5.37. The highest BCUT2D eigenvalue weighted by Crippen LogP contribution is 2.31. The van der Waals surface area contributed by atoms with Crippen molar-refractivity contribution in [1.82, 2.24) is 10.3 Å². The van der Waals surface area contributed by atoms with E-state index in [-0.39, 0.29) is 0 Å². The second-order valence-electron chi connectivity index (χ2n) is 5.37. The van der Waals surface area contributed by atoms with Crippen LogP contribution in [-0.4, -0.2) is 24.0 Å². The van der Waals surface area contributed by atoms with Crippen molar-refractivity contribution in [3.05, 3.63) is 53.9 Å². The lowest BCUT2D eigenvalue weighted by molar-refractivity contribution is 0.527. The van der Waals surface area contributed by atoms with Crippen LogP contribution in [0.15, 0.2) is 47.7 Å². The van der Waals surface area contributed by atoms with Crippen molar-refractivity contribution >= 4 is 5.96 Å². The Labute approximate surface area is 138 Å². The Bertz CT molecular complexity index is 650. The predicted molar refractivity (Wildman–Crippen MR) is 97.5 cm³/mol. The molecule has 0 bridgehead atoms. The summed E-state index contributed by atoms with van der Waals surface area (Å²) in [4.78, 5) is 8.08. The van der Waals surface area contributed by atoms with Crippen molar-refractivity contribution in [2.24, 2.45) is 10.7 Å². The summed E-state index contributed by atoms with van der Waals surface area (Å²) in [5.41, 5.74) is 11.2. The lowest BCUT2D eigenvalue weighted by Crippen LogP contribution is -2.42. The third-order valence-corrected chi connectivity index (χ3v) is 4.07. The lowest BCUT2D eigenvalue weighted by atomic mass is 9.84. The average molecular weight is 310 g/mol. The van der Waals surface area contributed by atoms with Gasteiger partial charge >= 0.3 is 0 Å². The summed E-state index contributed by atoms with van der Waals surface area (Å²) in [7, 11) is 1.71. The van der Waals surface area contributed by atoms with Gasteiger partial charge < -0.3 is 11.1 Å². The summed E-state index contributed by atoms with van der Waals surface area (Å²) in [6.07, 6.45) is 6.82. The van der Waals surface area contributed by atoms with E-state index in [1.165, 1.54) is 22.3 Å². The van der Waals surface area contributed by atoms with Crippen LogP contribution in [0.25, 0.3) is 11.1 Å². The zero-order valence-electron chi connectivity index (χ0n) is 14.2. The Morgan fingerprint density at radius 2 is 1.96 bits per heavy atom. The number of nitrogens with one attached hydrogen (secondary N) is 1. The topological polar surface area (TPSA) is 63.3 Å². The van der Waals surface area contributed by atoms with Crippen molar-refractivity contribution in [1.29, 1.82) is 0 Å². The smallest absolute Gasteiger partial charge is 0.188 e. The molecule has 0 fully saturated rings. The van der Waals surface area contributed by atoms with Crippen molar-refractivity contribution in [3.63, 3.8) is 0 Å². The van der Waals surface area contributed by atoms with Crippen molar-refractivity contribution in [2.45, 2.75) is 39.2 Å². The number of nitrogens with two attached hydrogens (primary N) is 1. The highest BCUT2D eigenvalue weighted by atomic mass is 15.1. The minimum absolute atomic E-state index is 0.369. The Kier molecular flexibility index (Phi) is 6.15. The molecule has 0 radical (unpaired) electrons. The summed E-state index contributed by atoms with van der Waals surface area (Å²) in [6.45, 7) is 4.00. The van der Waals surface area contributed by atoms with Crippen molar-refractivity contribution in [3.8, 4) is 11.1 Å². The van der Waals surface area contributed by atoms with Crippen molar-refractivity contribution < 1.29 is 0 Å². The van der Waals surface area contributed by atoms with E-state index in [0.29, 0.717) is 12.0 Å². The van der Waals surface area contributed by atoms with E-state index < -0.39 is 0 Å². The molecule has 0 aliphatic heterocycles. The fraction of sp³-hybridized carbons (Fsp3) is 0.368. The minimum atomic E-state index is 0.369. The van der Waals surface area contributed by atoms with Crippen LogP contribution in [0.5, 0.6) is 0 Å². The van der Waals surface area contributed by atoms with Crippen molar-refractivity contribution in [2.75, 3.05) is 7.05 Å². The SMILES string of the molecule is CC.CN=C(N)NC1CCc2c(cccc2-c2ccncc2)C1. The Morgan fingerprint density at radius 1 is 1.22 bits per heavy atom. The van der Waals surface area contributed by atoms with E-state index >= 15 is 0 Å². The van der Waals surface area contributed by atoms with E-state index in [1.54, 1.807) is 7.05 Å². The first kappa shape index (κ1) is 17.0. The average Bonchev–Trinajstić information content (AvgIpc) is 2.63. The van der Waals surface area contributed by atoms with Gasteiger partial charge in [0.25, 0.3) is 0 Å². The second kappa shape index (κ2) is 8.32. The maximum atomic E-state index is 5.78. The molecule has 1 aromatic heterocycles. The molecule has 2 aromatic rings. The number of guanidine groups is 1. The van der Waals surface area contributed by atoms with Crippen LogP contribution in [0.3, 0.4) is 0 Å². The van der Waals surface area contributed by atoms with Gasteiger partial charge in [-0.3, -0.25) is 9.98 Å². The van der Waals surface area contributed by atoms with E-state index in [2.05, 4.69) is 45.6 Å². The van der Waals surface area contributed by atoms with Crippen LogP contribution in [0.4, 0.5) is 0 Å². The number of pyridine rings is 1. The molecule has 1 aliphatic carbocycles. The molecule has 0 amide bonds. The standard InChI is InChI=1S/C17H20N4.C2H6/c1-19-17(18)21-14-5-6-16-13(11-14)3-2-4-15(16)12-7-9-20-10-8-12;1-2/h2-4,7-10,14H,5-6,11H2,1H3,(H3,18,19,21);1-2H3. The molecular formula is C19H26N4. The molecule has 4 heteroatoms. The fourth-order valence-electron chi connectivity index (χ4n) is 3.01. The van der Waals surface area contributed by atoms with Gasteiger partial charge in [0.2, 0.25) is 0 Å². The predicted octanol–water partition coefficient (Wildman–Crippen LogP) is 3.17. The number of rotatable bonds is 2. The molecule has 122 valence electrons. The van der Waals surface area contributed by atoms with E-state index in [4.69, 9.17) is 5.73 Å². The normalized spacial score (nSPS) is 16.8. The maximum absolute atomic E-state index is 5.78. The molecule has 4 nitrogen and oxygen atoms in total. The van der Waals surface area contributed by atoms with Crippen LogP contribution in [-0.2, 0) is 12.8 Å². The molecule has 0 saturated heterocycles. The molecule has 0 spiro atoms. The first-order valence-corrected chi connectivity index (χ1v) is 8.28. The molecule has 1 atom stereocenters. The van der Waals surface area contributed by atoms with Crippen LogP contribution in [0.1, 0.15) is 31.4 Å². The number of fused-ring (bicyclic) bond motifs is 1. The number of hydrogen-bond acceptors (Lipinski definition) is 2. The summed E-state index contributed by atoms with van der Waals surface area (Å²) >= 11 is 0. The van der Waals surface area contributed by atoms with Gasteiger partial charge in [-0.05, 0) is 53.6 Å². The largest absolute Gasteiger partial charge is 0.370 e. The van der Waals surface area contributed by atoms with E-state index in [1.807, 2.05) is 26.2 Å². The van der Waals surface area contributed by atoms with Gasteiger partial charge in [-0.2, -0.15) is 0 Å². The van der Waals surface area contributed by atoms with Crippen LogP contribution in [0, 0.1) is 0 Å². The van der Waals surface area contributed by atoms with Gasteiger partial charge in [0.1, 0.15) is 0 Å². The molecule has 0 saturated carbocycles. The Hall–Kier alpha value is -2.36.